The summed E-state index contributed by atoms with van der Waals surface area (Å²) >= 11 is 0. The maximum atomic E-state index is 11.3. The molecule has 0 spiro atoms. The zero-order valence-electron chi connectivity index (χ0n) is 46.5. The molecule has 6 nitrogen and oxygen atoms in total. The Morgan fingerprint density at radius 3 is 0.592 bits per heavy atom. The maximum absolute atomic E-state index is 11.3. The van der Waals surface area contributed by atoms with E-state index in [0.717, 1.165) is 25.7 Å². The molecule has 0 bridgehead atoms. The van der Waals surface area contributed by atoms with Crippen molar-refractivity contribution < 1.29 is 25.9 Å². The van der Waals surface area contributed by atoms with Gasteiger partial charge in [0.25, 0.3) is 0 Å². The third-order valence-electron chi connectivity index (χ3n) is 14.6. The molecule has 71 heavy (non-hydrogen) atoms. The first-order chi connectivity index (χ1) is 34.1. The Labute approximate surface area is 457 Å². The Balaban J connectivity index is 0.00000136. The number of benzene rings is 2. The van der Waals surface area contributed by atoms with E-state index in [1.165, 1.54) is 282 Å². The van der Waals surface area contributed by atoms with E-state index in [2.05, 4.69) is 13.8 Å². The van der Waals surface area contributed by atoms with Crippen LogP contribution >= 0.6 is 0 Å². The number of unbranched alkanes of at least 4 members (excludes halogenated alkanes) is 44. The van der Waals surface area contributed by atoms with Crippen molar-refractivity contribution in [1.29, 1.82) is 0 Å². The summed E-state index contributed by atoms with van der Waals surface area (Å²) in [5.41, 5.74) is 1.34. The predicted molar refractivity (Wildman–Crippen MR) is 306 cm³/mol. The molecule has 2 aromatic rings. The molecule has 0 atom stereocenters. The Bertz CT molecular complexity index is 1530. The van der Waals surface area contributed by atoms with Crippen LogP contribution in [-0.4, -0.2) is 49.0 Å². The molecule has 0 saturated heterocycles. The van der Waals surface area contributed by atoms with Crippen molar-refractivity contribution in [2.24, 2.45) is 0 Å². The van der Waals surface area contributed by atoms with Crippen molar-refractivity contribution in [2.75, 3.05) is 0 Å². The maximum Gasteiger partial charge on any atom is 2.00 e. The summed E-state index contributed by atoms with van der Waals surface area (Å²) in [5.74, 6) is 0. The molecule has 0 fully saturated rings. The van der Waals surface area contributed by atoms with Gasteiger partial charge in [0, 0.05) is 0 Å². The minimum atomic E-state index is -4.36. The van der Waals surface area contributed by atoms with Gasteiger partial charge in [-0.2, -0.15) is 0 Å². The summed E-state index contributed by atoms with van der Waals surface area (Å²) in [4.78, 5) is -0.0856. The monoisotopic (exact) mass is 1040 g/mol. The Morgan fingerprint density at radius 2 is 0.423 bits per heavy atom. The molecule has 2 rings (SSSR count). The minimum Gasteiger partial charge on any atom is -0.744 e. The van der Waals surface area contributed by atoms with E-state index in [4.69, 9.17) is 0 Å². The molecule has 0 aromatic heterocycles. The van der Waals surface area contributed by atoms with Crippen molar-refractivity contribution in [3.8, 4) is 0 Å². The van der Waals surface area contributed by atoms with E-state index < -0.39 is 20.2 Å². The van der Waals surface area contributed by atoms with Gasteiger partial charge in [0.2, 0.25) is 0 Å². The summed E-state index contributed by atoms with van der Waals surface area (Å²) in [6, 6.07) is 13.2. The fraction of sp³-hybridized carbons (Fsp3) is 0.806. The topological polar surface area (TPSA) is 114 Å². The fourth-order valence-corrected chi connectivity index (χ4v) is 11.6. The van der Waals surface area contributed by atoms with Crippen molar-refractivity contribution in [3.05, 3.63) is 59.7 Å². The van der Waals surface area contributed by atoms with Gasteiger partial charge in [-0.1, -0.05) is 333 Å². The van der Waals surface area contributed by atoms with Crippen LogP contribution in [0.1, 0.15) is 320 Å². The molecular formula is C62H110MgO6S2. The third kappa shape index (κ3) is 45.0. The van der Waals surface area contributed by atoms with Crippen LogP contribution in [-0.2, 0) is 33.1 Å². The summed E-state index contributed by atoms with van der Waals surface area (Å²) < 4.78 is 68.0. The van der Waals surface area contributed by atoms with Crippen LogP contribution in [0.3, 0.4) is 0 Å². The van der Waals surface area contributed by atoms with E-state index >= 15 is 0 Å². The quantitative estimate of drug-likeness (QED) is 0.0370. The molecule has 0 aliphatic carbocycles. The molecule has 0 aliphatic rings. The van der Waals surface area contributed by atoms with E-state index in [9.17, 15) is 25.9 Å². The molecule has 0 amide bonds. The van der Waals surface area contributed by atoms with E-state index in [0.29, 0.717) is 24.0 Å². The summed E-state index contributed by atoms with van der Waals surface area (Å²) in [7, 11) is -8.72. The van der Waals surface area contributed by atoms with Crippen molar-refractivity contribution in [3.63, 3.8) is 0 Å². The van der Waals surface area contributed by atoms with Gasteiger partial charge >= 0.3 is 23.1 Å². The van der Waals surface area contributed by atoms with E-state index in [1.807, 2.05) is 12.1 Å². The van der Waals surface area contributed by atoms with Gasteiger partial charge < -0.3 is 9.11 Å². The molecule has 2 aromatic carbocycles. The van der Waals surface area contributed by atoms with Crippen molar-refractivity contribution >= 4 is 43.3 Å². The summed E-state index contributed by atoms with van der Waals surface area (Å²) in [6.45, 7) is 4.57. The minimum absolute atomic E-state index is 0. The van der Waals surface area contributed by atoms with Gasteiger partial charge in [-0.15, -0.1) is 0 Å². The first kappa shape index (κ1) is 70.0. The summed E-state index contributed by atoms with van der Waals surface area (Å²) in [6.07, 6.45) is 64.2. The Hall–Kier alpha value is -0.974. The van der Waals surface area contributed by atoms with Crippen LogP contribution in [0.25, 0.3) is 0 Å². The third-order valence-corrected chi connectivity index (χ3v) is 16.5. The molecular weight excluding hydrogens is 929 g/mol. The number of hydrogen-bond donors (Lipinski definition) is 0. The van der Waals surface area contributed by atoms with Gasteiger partial charge in [-0.3, -0.25) is 0 Å². The zero-order chi connectivity index (χ0) is 50.9. The van der Waals surface area contributed by atoms with Crippen LogP contribution in [0, 0.1) is 0 Å². The predicted octanol–water partition coefficient (Wildman–Crippen LogP) is 19.9. The average molecular weight is 1040 g/mol. The van der Waals surface area contributed by atoms with Gasteiger partial charge in [-0.25, -0.2) is 16.8 Å². The standard InChI is InChI=1S/2C31H56O3S.Mg/c2*1-2-3-4-5-6-7-8-9-10-11-12-13-14-15-16-17-18-19-20-21-22-23-24-27-30-28-25-26-29-31(30)35(32,33)34;/h2*25-26,28-29H,2-24,27H2,1H3,(H,32,33,34);/q;;+2/p-2. The fourth-order valence-electron chi connectivity index (χ4n) is 10.1. The van der Waals surface area contributed by atoms with Crippen molar-refractivity contribution in [1.82, 2.24) is 0 Å². The molecule has 0 saturated carbocycles. The molecule has 0 heterocycles. The van der Waals surface area contributed by atoms with Gasteiger partial charge in [-0.05, 0) is 48.9 Å². The van der Waals surface area contributed by atoms with Crippen molar-refractivity contribution in [2.45, 2.75) is 332 Å². The smallest absolute Gasteiger partial charge is 0.744 e. The molecule has 0 unspecified atom stereocenters. The largest absolute Gasteiger partial charge is 2.00 e. The normalized spacial score (nSPS) is 11.7. The molecule has 0 radical (unpaired) electrons. The second-order valence-electron chi connectivity index (χ2n) is 21.2. The zero-order valence-corrected chi connectivity index (χ0v) is 49.6. The Kier molecular flexibility index (Phi) is 50.4. The number of aryl methyl sites for hydroxylation is 2. The average Bonchev–Trinajstić information content (AvgIpc) is 3.34. The molecule has 0 N–H and O–H groups in total. The number of rotatable bonds is 50. The van der Waals surface area contributed by atoms with E-state index in [1.54, 1.807) is 24.3 Å². The molecule has 0 aliphatic heterocycles. The van der Waals surface area contributed by atoms with Crippen LogP contribution in [0.2, 0.25) is 0 Å². The first-order valence-electron chi connectivity index (χ1n) is 30.2. The first-order valence-corrected chi connectivity index (χ1v) is 33.0. The Morgan fingerprint density at radius 1 is 0.268 bits per heavy atom. The SMILES string of the molecule is CCCCCCCCCCCCCCCCCCCCCCCCCc1ccccc1S(=O)(=O)[O-].CCCCCCCCCCCCCCCCCCCCCCCCCc1ccccc1S(=O)(=O)[O-].[Mg+2]. The van der Waals surface area contributed by atoms with E-state index in [-0.39, 0.29) is 32.8 Å². The van der Waals surface area contributed by atoms with Gasteiger partial charge in [0.1, 0.15) is 20.2 Å². The van der Waals surface area contributed by atoms with Gasteiger partial charge in [0.05, 0.1) is 9.79 Å². The second kappa shape index (κ2) is 51.1. The summed E-state index contributed by atoms with van der Waals surface area (Å²) in [5, 5.41) is 0. The van der Waals surface area contributed by atoms with Crippen LogP contribution in [0.4, 0.5) is 0 Å². The molecule has 408 valence electrons. The van der Waals surface area contributed by atoms with Crippen LogP contribution in [0.15, 0.2) is 58.3 Å². The van der Waals surface area contributed by atoms with Crippen LogP contribution in [0.5, 0.6) is 0 Å². The second-order valence-corrected chi connectivity index (χ2v) is 23.9. The van der Waals surface area contributed by atoms with Gasteiger partial charge in [0.15, 0.2) is 0 Å². The van der Waals surface area contributed by atoms with Crippen LogP contribution < -0.4 is 0 Å². The number of hydrogen-bond acceptors (Lipinski definition) is 6. The molecule has 9 heteroatoms.